The molecule has 0 saturated carbocycles. The smallest absolute Gasteiger partial charge is 0.166 e. The van der Waals surface area contributed by atoms with Crippen LogP contribution in [0.4, 0.5) is 0 Å². The first kappa shape index (κ1) is 14.6. The Morgan fingerprint density at radius 3 is 2.29 bits per heavy atom. The number of aliphatic hydroxyl groups excluding tert-OH is 2. The van der Waals surface area contributed by atoms with Gasteiger partial charge in [-0.25, -0.2) is 0 Å². The lowest BCUT2D eigenvalue weighted by molar-refractivity contribution is -0.136. The standard InChI is InChI=1S/C12H23NO4/c1-6(2)9(14)12-11(16)10(15)8(17-12)5-13-7(3)4/h6-8,10-13,15-16H,5H2,1-4H3/t8-,10-,11-,12?/m1/s1. The summed E-state index contributed by atoms with van der Waals surface area (Å²) in [6.07, 6.45) is -3.55. The second-order valence-corrected chi connectivity index (χ2v) is 5.20. The first-order valence-corrected chi connectivity index (χ1v) is 6.13. The molecule has 1 aliphatic heterocycles. The fourth-order valence-electron chi connectivity index (χ4n) is 1.83. The third-order valence-electron chi connectivity index (χ3n) is 2.94. The maximum Gasteiger partial charge on any atom is 0.166 e. The highest BCUT2D eigenvalue weighted by molar-refractivity contribution is 5.85. The van der Waals surface area contributed by atoms with Crippen molar-refractivity contribution in [2.75, 3.05) is 6.54 Å². The van der Waals surface area contributed by atoms with Crippen LogP contribution < -0.4 is 5.32 Å². The fraction of sp³-hybridized carbons (Fsp3) is 0.917. The molecule has 0 bridgehead atoms. The lowest BCUT2D eigenvalue weighted by atomic mass is 9.98. The number of hydrogen-bond donors (Lipinski definition) is 3. The molecule has 1 fully saturated rings. The maximum absolute atomic E-state index is 11.8. The number of rotatable bonds is 5. The molecule has 4 atom stereocenters. The van der Waals surface area contributed by atoms with Gasteiger partial charge in [0.2, 0.25) is 0 Å². The zero-order chi connectivity index (χ0) is 13.2. The number of aliphatic hydroxyl groups is 2. The second kappa shape index (κ2) is 5.91. The summed E-state index contributed by atoms with van der Waals surface area (Å²) in [5.41, 5.74) is 0. The van der Waals surface area contributed by atoms with E-state index in [1.54, 1.807) is 13.8 Å². The first-order valence-electron chi connectivity index (χ1n) is 6.13. The molecule has 0 radical (unpaired) electrons. The molecule has 0 aliphatic carbocycles. The highest BCUT2D eigenvalue weighted by atomic mass is 16.5. The van der Waals surface area contributed by atoms with Gasteiger partial charge in [0, 0.05) is 18.5 Å². The van der Waals surface area contributed by atoms with Crippen LogP contribution in [-0.2, 0) is 9.53 Å². The molecule has 1 rings (SSSR count). The van der Waals surface area contributed by atoms with Crippen molar-refractivity contribution in [3.63, 3.8) is 0 Å². The first-order chi connectivity index (χ1) is 7.84. The van der Waals surface area contributed by atoms with Gasteiger partial charge < -0.3 is 20.3 Å². The lowest BCUT2D eigenvalue weighted by Gasteiger charge is -2.17. The van der Waals surface area contributed by atoms with Crippen molar-refractivity contribution in [1.82, 2.24) is 5.32 Å². The molecular weight excluding hydrogens is 222 g/mol. The monoisotopic (exact) mass is 245 g/mol. The van der Waals surface area contributed by atoms with Crippen molar-refractivity contribution in [3.8, 4) is 0 Å². The van der Waals surface area contributed by atoms with Gasteiger partial charge in [-0.05, 0) is 0 Å². The van der Waals surface area contributed by atoms with Crippen LogP contribution in [0.1, 0.15) is 27.7 Å². The largest absolute Gasteiger partial charge is 0.388 e. The van der Waals surface area contributed by atoms with Crippen LogP contribution in [0.15, 0.2) is 0 Å². The Balaban J connectivity index is 2.59. The molecular formula is C12H23NO4. The molecule has 17 heavy (non-hydrogen) atoms. The Morgan fingerprint density at radius 2 is 1.82 bits per heavy atom. The Morgan fingerprint density at radius 1 is 1.24 bits per heavy atom. The van der Waals surface area contributed by atoms with E-state index in [2.05, 4.69) is 5.32 Å². The number of Topliss-reactive ketones (excluding diaryl/α,β-unsaturated/α-hetero) is 1. The molecule has 100 valence electrons. The van der Waals surface area contributed by atoms with Crippen molar-refractivity contribution < 1.29 is 19.7 Å². The Labute approximate surface area is 102 Å². The molecule has 3 N–H and O–H groups in total. The van der Waals surface area contributed by atoms with E-state index < -0.39 is 24.4 Å². The summed E-state index contributed by atoms with van der Waals surface area (Å²) in [7, 11) is 0. The number of hydrogen-bond acceptors (Lipinski definition) is 5. The van der Waals surface area contributed by atoms with Crippen LogP contribution in [0.5, 0.6) is 0 Å². The van der Waals surface area contributed by atoms with Gasteiger partial charge in [-0.1, -0.05) is 27.7 Å². The number of ether oxygens (including phenoxy) is 1. The quantitative estimate of drug-likeness (QED) is 0.620. The average molecular weight is 245 g/mol. The molecule has 5 nitrogen and oxygen atoms in total. The van der Waals surface area contributed by atoms with Crippen molar-refractivity contribution in [1.29, 1.82) is 0 Å². The molecule has 0 aromatic carbocycles. The van der Waals surface area contributed by atoms with Crippen molar-refractivity contribution in [2.45, 2.75) is 58.2 Å². The van der Waals surface area contributed by atoms with Crippen LogP contribution in [-0.4, -0.2) is 53.0 Å². The van der Waals surface area contributed by atoms with Gasteiger partial charge in [-0.3, -0.25) is 4.79 Å². The minimum absolute atomic E-state index is 0.163. The van der Waals surface area contributed by atoms with Crippen LogP contribution >= 0.6 is 0 Å². The van der Waals surface area contributed by atoms with E-state index in [0.717, 1.165) is 0 Å². The molecule has 0 aromatic heterocycles. The number of carbonyl (C=O) groups excluding carboxylic acids is 1. The second-order valence-electron chi connectivity index (χ2n) is 5.20. The molecule has 1 aliphatic rings. The molecule has 5 heteroatoms. The third kappa shape index (κ3) is 3.48. The lowest BCUT2D eigenvalue weighted by Crippen LogP contribution is -2.40. The van der Waals surface area contributed by atoms with Gasteiger partial charge in [0.15, 0.2) is 5.78 Å². The van der Waals surface area contributed by atoms with E-state index in [-0.39, 0.29) is 17.7 Å². The number of ketones is 1. The molecule has 1 unspecified atom stereocenters. The van der Waals surface area contributed by atoms with E-state index in [0.29, 0.717) is 6.54 Å². The summed E-state index contributed by atoms with van der Waals surface area (Å²) in [6.45, 7) is 7.90. The van der Waals surface area contributed by atoms with E-state index in [4.69, 9.17) is 4.74 Å². The third-order valence-corrected chi connectivity index (χ3v) is 2.94. The Bertz CT molecular complexity index is 267. The average Bonchev–Trinajstić information content (AvgIpc) is 2.52. The van der Waals surface area contributed by atoms with E-state index in [9.17, 15) is 15.0 Å². The van der Waals surface area contributed by atoms with E-state index in [1.807, 2.05) is 13.8 Å². The zero-order valence-corrected chi connectivity index (χ0v) is 10.9. The minimum Gasteiger partial charge on any atom is -0.388 e. The summed E-state index contributed by atoms with van der Waals surface area (Å²) in [6, 6.07) is 0.266. The van der Waals surface area contributed by atoms with Gasteiger partial charge in [0.25, 0.3) is 0 Å². The zero-order valence-electron chi connectivity index (χ0n) is 10.9. The van der Waals surface area contributed by atoms with Gasteiger partial charge in [-0.15, -0.1) is 0 Å². The van der Waals surface area contributed by atoms with Crippen molar-refractivity contribution in [3.05, 3.63) is 0 Å². The molecule has 1 heterocycles. The van der Waals surface area contributed by atoms with Gasteiger partial charge in [0.05, 0.1) is 6.10 Å². The van der Waals surface area contributed by atoms with Crippen LogP contribution in [0, 0.1) is 5.92 Å². The number of carbonyl (C=O) groups is 1. The summed E-state index contributed by atoms with van der Waals surface area (Å²) < 4.78 is 5.45. The van der Waals surface area contributed by atoms with E-state index in [1.165, 1.54) is 0 Å². The summed E-state index contributed by atoms with van der Waals surface area (Å²) in [5.74, 6) is -0.373. The van der Waals surface area contributed by atoms with Gasteiger partial charge >= 0.3 is 0 Å². The Hall–Kier alpha value is -0.490. The molecule has 0 spiro atoms. The topological polar surface area (TPSA) is 78.8 Å². The molecule has 1 saturated heterocycles. The predicted octanol–water partition coefficient (Wildman–Crippen LogP) is -0.301. The summed E-state index contributed by atoms with van der Waals surface area (Å²) in [5, 5.41) is 22.7. The highest BCUT2D eigenvalue weighted by Gasteiger charge is 2.46. The minimum atomic E-state index is -1.12. The summed E-state index contributed by atoms with van der Waals surface area (Å²) in [4.78, 5) is 11.8. The predicted molar refractivity (Wildman–Crippen MR) is 63.7 cm³/mol. The van der Waals surface area contributed by atoms with Crippen LogP contribution in [0.25, 0.3) is 0 Å². The van der Waals surface area contributed by atoms with Crippen LogP contribution in [0.3, 0.4) is 0 Å². The van der Waals surface area contributed by atoms with Crippen LogP contribution in [0.2, 0.25) is 0 Å². The van der Waals surface area contributed by atoms with Gasteiger partial charge in [0.1, 0.15) is 18.3 Å². The normalized spacial score (nSPS) is 33.6. The highest BCUT2D eigenvalue weighted by Crippen LogP contribution is 2.23. The van der Waals surface area contributed by atoms with Crippen molar-refractivity contribution in [2.24, 2.45) is 5.92 Å². The van der Waals surface area contributed by atoms with E-state index >= 15 is 0 Å². The molecule has 0 amide bonds. The Kier molecular flexibility index (Phi) is 5.06. The summed E-state index contributed by atoms with van der Waals surface area (Å²) >= 11 is 0. The van der Waals surface area contributed by atoms with Crippen molar-refractivity contribution >= 4 is 5.78 Å². The fourth-order valence-corrected chi connectivity index (χ4v) is 1.83. The SMILES string of the molecule is CC(C)NC[C@H]1OC(C(=O)C(C)C)[C@H](O)[C@@H]1O. The maximum atomic E-state index is 11.8. The van der Waals surface area contributed by atoms with Gasteiger partial charge in [-0.2, -0.15) is 0 Å². The molecule has 0 aromatic rings. The number of nitrogens with one attached hydrogen (secondary N) is 1.